The summed E-state index contributed by atoms with van der Waals surface area (Å²) in [5.74, 6) is 0.989. The van der Waals surface area contributed by atoms with Gasteiger partial charge < -0.3 is 9.87 Å². The van der Waals surface area contributed by atoms with Crippen LogP contribution in [0.5, 0.6) is 0 Å². The molecular weight excluding hydrogens is 337 g/mol. The molecule has 3 atom stereocenters. The van der Waals surface area contributed by atoms with E-state index in [-0.39, 0.29) is 16.8 Å². The van der Waals surface area contributed by atoms with Crippen molar-refractivity contribution in [3.63, 3.8) is 0 Å². The molecule has 0 bridgehead atoms. The Morgan fingerprint density at radius 2 is 1.91 bits per heavy atom. The lowest BCUT2D eigenvalue weighted by Gasteiger charge is -2.17. The van der Waals surface area contributed by atoms with Gasteiger partial charge in [-0.25, -0.2) is 14.4 Å². The maximum atomic E-state index is 13.5. The predicted molar refractivity (Wildman–Crippen MR) is 92.0 cm³/mol. The molecule has 1 N–H and O–H groups in total. The average molecular weight is 356 g/mol. The third-order valence-electron chi connectivity index (χ3n) is 3.45. The van der Waals surface area contributed by atoms with Gasteiger partial charge in [-0.05, 0) is 49.6 Å². The van der Waals surface area contributed by atoms with Crippen molar-refractivity contribution in [2.24, 2.45) is 0 Å². The number of anilines is 1. The minimum Gasteiger partial charge on any atom is -0.611 e. The Hall–Kier alpha value is -1.37. The molecule has 23 heavy (non-hydrogen) atoms. The largest absolute Gasteiger partial charge is 0.611 e. The van der Waals surface area contributed by atoms with Gasteiger partial charge in [-0.1, -0.05) is 23.7 Å². The fourth-order valence-corrected chi connectivity index (χ4v) is 3.20. The fraction of sp³-hybridized carbons (Fsp3) is 0.375. The van der Waals surface area contributed by atoms with Gasteiger partial charge in [0.2, 0.25) is 0 Å². The average Bonchev–Trinajstić information content (AvgIpc) is 2.55. The van der Waals surface area contributed by atoms with Crippen molar-refractivity contribution < 1.29 is 8.94 Å². The van der Waals surface area contributed by atoms with E-state index in [4.69, 9.17) is 11.6 Å². The molecule has 1 heterocycles. The third-order valence-corrected chi connectivity index (χ3v) is 5.15. The fourth-order valence-electron chi connectivity index (χ4n) is 2.12. The maximum Gasteiger partial charge on any atom is 0.152 e. The molecule has 2 rings (SSSR count). The molecule has 0 radical (unpaired) electrons. The van der Waals surface area contributed by atoms with E-state index in [1.165, 1.54) is 13.3 Å². The van der Waals surface area contributed by atoms with Crippen LogP contribution in [0.3, 0.4) is 0 Å². The van der Waals surface area contributed by atoms with Crippen molar-refractivity contribution in [3.05, 3.63) is 46.9 Å². The number of rotatable bonds is 6. The summed E-state index contributed by atoms with van der Waals surface area (Å²) in [6.45, 7) is 5.21. The number of nitrogens with one attached hydrogen (secondary N) is 1. The van der Waals surface area contributed by atoms with Gasteiger partial charge in [-0.15, -0.1) is 0 Å². The highest BCUT2D eigenvalue weighted by molar-refractivity contribution is 7.91. The molecular formula is C16H19ClFN3OS. The van der Waals surface area contributed by atoms with E-state index in [2.05, 4.69) is 15.3 Å². The Morgan fingerprint density at radius 1 is 1.26 bits per heavy atom. The summed E-state index contributed by atoms with van der Waals surface area (Å²) >= 11 is 5.19. The lowest BCUT2D eigenvalue weighted by Crippen LogP contribution is -2.10. The standard InChI is InChI=1S/C16H19ClFN3OS/c1-4-23(22)13-7-5-12(6-8-13)11(3)21-16-14(17)15(10(2)18)19-9-20-16/h5-11H,4H2,1-3H3,(H,19,20,21). The molecule has 0 aliphatic carbocycles. The van der Waals surface area contributed by atoms with Crippen molar-refractivity contribution in [3.8, 4) is 0 Å². The first-order valence-electron chi connectivity index (χ1n) is 7.33. The topological polar surface area (TPSA) is 60.9 Å². The van der Waals surface area contributed by atoms with Crippen LogP contribution in [-0.2, 0) is 11.2 Å². The monoisotopic (exact) mass is 355 g/mol. The van der Waals surface area contributed by atoms with Crippen LogP contribution >= 0.6 is 11.6 Å². The molecule has 1 aromatic carbocycles. The highest BCUT2D eigenvalue weighted by Gasteiger charge is 2.17. The van der Waals surface area contributed by atoms with Crippen LogP contribution < -0.4 is 5.32 Å². The van der Waals surface area contributed by atoms with Crippen molar-refractivity contribution in [2.45, 2.75) is 37.9 Å². The number of hydrogen-bond acceptors (Lipinski definition) is 4. The van der Waals surface area contributed by atoms with Crippen LogP contribution in [0, 0.1) is 0 Å². The van der Waals surface area contributed by atoms with E-state index in [1.54, 1.807) is 0 Å². The van der Waals surface area contributed by atoms with Gasteiger partial charge >= 0.3 is 0 Å². The van der Waals surface area contributed by atoms with Crippen molar-refractivity contribution in [1.82, 2.24) is 9.97 Å². The number of alkyl halides is 1. The normalized spacial score (nSPS) is 15.0. The van der Waals surface area contributed by atoms with Gasteiger partial charge in [-0.2, -0.15) is 0 Å². The maximum absolute atomic E-state index is 13.5. The number of halogens is 2. The smallest absolute Gasteiger partial charge is 0.152 e. The molecule has 0 amide bonds. The zero-order valence-corrected chi connectivity index (χ0v) is 14.8. The summed E-state index contributed by atoms with van der Waals surface area (Å²) in [6, 6.07) is 7.44. The van der Waals surface area contributed by atoms with Gasteiger partial charge in [-0.3, -0.25) is 0 Å². The van der Waals surface area contributed by atoms with E-state index < -0.39 is 17.3 Å². The Morgan fingerprint density at radius 3 is 2.48 bits per heavy atom. The Labute approximate surface area is 143 Å². The summed E-state index contributed by atoms with van der Waals surface area (Å²) in [5.41, 5.74) is 1.16. The lowest BCUT2D eigenvalue weighted by atomic mass is 10.1. The molecule has 2 aromatic rings. The predicted octanol–water partition coefficient (Wildman–Crippen LogP) is 4.46. The van der Waals surface area contributed by atoms with Crippen LogP contribution in [0.15, 0.2) is 35.5 Å². The molecule has 0 aliphatic rings. The summed E-state index contributed by atoms with van der Waals surface area (Å²) in [4.78, 5) is 8.75. The number of hydrogen-bond donors (Lipinski definition) is 1. The Balaban J connectivity index is 2.16. The summed E-state index contributed by atoms with van der Waals surface area (Å²) in [5, 5.41) is 3.35. The SMILES string of the molecule is CC[S+]([O-])c1ccc(C(C)Nc2ncnc(C(C)F)c2Cl)cc1. The second-order valence-corrected chi connectivity index (χ2v) is 7.22. The molecule has 0 saturated heterocycles. The molecule has 1 aromatic heterocycles. The second-order valence-electron chi connectivity index (χ2n) is 5.11. The first kappa shape index (κ1) is 18.0. The molecule has 0 fully saturated rings. The molecule has 0 spiro atoms. The van der Waals surface area contributed by atoms with Gasteiger partial charge in [0, 0.05) is 6.04 Å². The summed E-state index contributed by atoms with van der Waals surface area (Å²) in [6.07, 6.45) is 0.0319. The van der Waals surface area contributed by atoms with Gasteiger partial charge in [0.1, 0.15) is 29.1 Å². The Bertz CT molecular complexity index is 654. The molecule has 4 nitrogen and oxygen atoms in total. The van der Waals surface area contributed by atoms with Crippen LogP contribution in [-0.4, -0.2) is 20.3 Å². The lowest BCUT2D eigenvalue weighted by molar-refractivity contribution is 0.365. The van der Waals surface area contributed by atoms with Gasteiger partial charge in [0.15, 0.2) is 4.90 Å². The van der Waals surface area contributed by atoms with Crippen molar-refractivity contribution in [2.75, 3.05) is 11.1 Å². The Kier molecular flexibility index (Phi) is 6.21. The first-order valence-corrected chi connectivity index (χ1v) is 9.03. The zero-order chi connectivity index (χ0) is 17.0. The summed E-state index contributed by atoms with van der Waals surface area (Å²) < 4.78 is 25.2. The van der Waals surface area contributed by atoms with Crippen molar-refractivity contribution >= 4 is 28.6 Å². The van der Waals surface area contributed by atoms with Gasteiger partial charge in [0.05, 0.1) is 5.69 Å². The number of nitrogens with zero attached hydrogens (tertiary/aromatic N) is 2. The first-order chi connectivity index (χ1) is 10.9. The highest BCUT2D eigenvalue weighted by Crippen LogP contribution is 2.30. The summed E-state index contributed by atoms with van der Waals surface area (Å²) in [7, 11) is 0. The van der Waals surface area contributed by atoms with Crippen LogP contribution in [0.2, 0.25) is 5.02 Å². The van der Waals surface area contributed by atoms with E-state index in [0.717, 1.165) is 10.5 Å². The highest BCUT2D eigenvalue weighted by atomic mass is 35.5. The van der Waals surface area contributed by atoms with Crippen LogP contribution in [0.1, 0.15) is 44.2 Å². The van der Waals surface area contributed by atoms with Crippen molar-refractivity contribution in [1.29, 1.82) is 0 Å². The zero-order valence-electron chi connectivity index (χ0n) is 13.2. The minimum atomic E-state index is -1.26. The number of aromatic nitrogens is 2. The molecule has 3 unspecified atom stereocenters. The van der Waals surface area contributed by atoms with Crippen LogP contribution in [0.25, 0.3) is 0 Å². The molecule has 124 valence electrons. The van der Waals surface area contributed by atoms with Crippen LogP contribution in [0.4, 0.5) is 10.2 Å². The second kappa shape index (κ2) is 7.95. The third kappa shape index (κ3) is 4.34. The molecule has 0 aliphatic heterocycles. The van der Waals surface area contributed by atoms with E-state index in [1.807, 2.05) is 38.1 Å². The van der Waals surface area contributed by atoms with Gasteiger partial charge in [0.25, 0.3) is 0 Å². The van der Waals surface area contributed by atoms with E-state index >= 15 is 0 Å². The van der Waals surface area contributed by atoms with E-state index in [0.29, 0.717) is 11.6 Å². The van der Waals surface area contributed by atoms with E-state index in [9.17, 15) is 8.94 Å². The molecule has 7 heteroatoms. The quantitative estimate of drug-likeness (QED) is 0.777. The number of benzene rings is 1. The minimum absolute atomic E-state index is 0.0886. The molecule has 0 saturated carbocycles.